The molecule has 0 radical (unpaired) electrons. The Bertz CT molecular complexity index is 910. The first-order valence-electron chi connectivity index (χ1n) is 8.84. The molecule has 3 heterocycles. The van der Waals surface area contributed by atoms with E-state index in [1.165, 1.54) is 40.7 Å². The molecule has 2 atom stereocenters. The van der Waals surface area contributed by atoms with Gasteiger partial charge >= 0.3 is 0 Å². The van der Waals surface area contributed by atoms with Crippen molar-refractivity contribution in [1.82, 2.24) is 9.47 Å². The Kier molecular flexibility index (Phi) is 3.01. The van der Waals surface area contributed by atoms with Crippen LogP contribution in [0.15, 0.2) is 54.6 Å². The molecule has 3 nitrogen and oxygen atoms in total. The van der Waals surface area contributed by atoms with Gasteiger partial charge in [-0.25, -0.2) is 0 Å². The summed E-state index contributed by atoms with van der Waals surface area (Å²) < 4.78 is 2.35. The first kappa shape index (κ1) is 14.1. The monoisotopic (exact) mass is 317 g/mol. The molecule has 1 saturated heterocycles. The summed E-state index contributed by atoms with van der Waals surface area (Å²) in [5.41, 5.74) is 4.35. The SMILES string of the molecule is CN1CN(c2cc3ccccc3n2C)C2CCC1c1ccccc12. The van der Waals surface area contributed by atoms with E-state index < -0.39 is 0 Å². The van der Waals surface area contributed by atoms with Crippen molar-refractivity contribution in [3.05, 3.63) is 65.7 Å². The molecule has 1 aromatic heterocycles. The Morgan fingerprint density at radius 2 is 1.50 bits per heavy atom. The fourth-order valence-corrected chi connectivity index (χ4v) is 4.75. The number of para-hydroxylation sites is 1. The topological polar surface area (TPSA) is 11.4 Å². The third kappa shape index (κ3) is 1.88. The van der Waals surface area contributed by atoms with Crippen LogP contribution in [0.3, 0.4) is 0 Å². The minimum absolute atomic E-state index is 0.477. The second-order valence-corrected chi connectivity index (χ2v) is 7.23. The highest BCUT2D eigenvalue weighted by molar-refractivity contribution is 5.85. The fraction of sp³-hybridized carbons (Fsp3) is 0.333. The lowest BCUT2D eigenvalue weighted by atomic mass is 9.84. The van der Waals surface area contributed by atoms with Crippen LogP contribution in [0.4, 0.5) is 5.82 Å². The number of aromatic nitrogens is 1. The molecule has 3 aliphatic rings. The summed E-state index contributed by atoms with van der Waals surface area (Å²) in [4.78, 5) is 5.12. The second-order valence-electron chi connectivity index (χ2n) is 7.23. The molecule has 3 aromatic rings. The van der Waals surface area contributed by atoms with E-state index in [0.29, 0.717) is 12.1 Å². The summed E-state index contributed by atoms with van der Waals surface area (Å²) in [5.74, 6) is 1.32. The normalized spacial score (nSPS) is 23.5. The van der Waals surface area contributed by atoms with Crippen LogP contribution >= 0.6 is 0 Å². The highest BCUT2D eigenvalue weighted by Gasteiger charge is 2.38. The van der Waals surface area contributed by atoms with Crippen molar-refractivity contribution in [1.29, 1.82) is 0 Å². The van der Waals surface area contributed by atoms with Crippen LogP contribution in [0, 0.1) is 0 Å². The van der Waals surface area contributed by atoms with Crippen molar-refractivity contribution in [3.8, 4) is 0 Å². The molecular formula is C21H23N3. The lowest BCUT2D eigenvalue weighted by molar-refractivity contribution is 0.251. The summed E-state index contributed by atoms with van der Waals surface area (Å²) in [6.07, 6.45) is 2.48. The standard InChI is InChI=1S/C21H23N3/c1-22-14-24(21-13-15-7-3-6-10-18(15)23(21)2)20-12-11-19(22)16-8-4-5-9-17(16)20/h3-10,13,19-20H,11-12,14H2,1-2H3. The van der Waals surface area contributed by atoms with E-state index in [0.717, 1.165) is 6.67 Å². The van der Waals surface area contributed by atoms with E-state index in [4.69, 9.17) is 0 Å². The molecule has 1 fully saturated rings. The number of hydrogen-bond donors (Lipinski definition) is 0. The maximum Gasteiger partial charge on any atom is 0.110 e. The predicted octanol–water partition coefficient (Wildman–Crippen LogP) is 4.46. The Balaban J connectivity index is 1.69. The van der Waals surface area contributed by atoms with Crippen molar-refractivity contribution >= 4 is 16.7 Å². The van der Waals surface area contributed by atoms with Gasteiger partial charge in [0.15, 0.2) is 0 Å². The van der Waals surface area contributed by atoms with E-state index in [2.05, 4.69) is 83.1 Å². The first-order chi connectivity index (χ1) is 11.7. The van der Waals surface area contributed by atoms with Gasteiger partial charge in [0, 0.05) is 24.0 Å². The van der Waals surface area contributed by atoms with Gasteiger partial charge in [-0.15, -0.1) is 0 Å². The molecule has 2 unspecified atom stereocenters. The maximum absolute atomic E-state index is 2.60. The first-order valence-corrected chi connectivity index (χ1v) is 8.84. The summed E-state index contributed by atoms with van der Waals surface area (Å²) in [5, 5.41) is 1.32. The third-order valence-corrected chi connectivity index (χ3v) is 5.93. The molecule has 122 valence electrons. The van der Waals surface area contributed by atoms with E-state index in [1.807, 2.05) is 0 Å². The smallest absolute Gasteiger partial charge is 0.110 e. The highest BCUT2D eigenvalue weighted by Crippen LogP contribution is 2.46. The molecule has 0 saturated carbocycles. The number of aryl methyl sites for hydroxylation is 1. The molecule has 0 N–H and O–H groups in total. The molecule has 0 spiro atoms. The van der Waals surface area contributed by atoms with Crippen LogP contribution < -0.4 is 4.90 Å². The zero-order valence-corrected chi connectivity index (χ0v) is 14.3. The van der Waals surface area contributed by atoms with Gasteiger partial charge in [-0.2, -0.15) is 0 Å². The van der Waals surface area contributed by atoms with Gasteiger partial charge in [-0.3, -0.25) is 4.90 Å². The average Bonchev–Trinajstić information content (AvgIpc) is 2.79. The van der Waals surface area contributed by atoms with Crippen LogP contribution in [-0.2, 0) is 7.05 Å². The van der Waals surface area contributed by atoms with E-state index in [9.17, 15) is 0 Å². The molecule has 2 aromatic carbocycles. The minimum Gasteiger partial charge on any atom is -0.338 e. The van der Waals surface area contributed by atoms with Crippen LogP contribution in [0.1, 0.15) is 36.1 Å². The van der Waals surface area contributed by atoms with Gasteiger partial charge in [0.2, 0.25) is 0 Å². The van der Waals surface area contributed by atoms with Crippen LogP contribution in [0.25, 0.3) is 10.9 Å². The number of hydrogen-bond acceptors (Lipinski definition) is 2. The third-order valence-electron chi connectivity index (χ3n) is 5.93. The van der Waals surface area contributed by atoms with E-state index in [1.54, 1.807) is 0 Å². The van der Waals surface area contributed by atoms with Crippen LogP contribution in [0.5, 0.6) is 0 Å². The molecule has 6 rings (SSSR count). The quantitative estimate of drug-likeness (QED) is 0.656. The molecule has 2 bridgehead atoms. The van der Waals surface area contributed by atoms with Gasteiger partial charge < -0.3 is 9.47 Å². The average molecular weight is 317 g/mol. The molecule has 0 amide bonds. The summed E-state index contributed by atoms with van der Waals surface area (Å²) in [6, 6.07) is 21.1. The van der Waals surface area contributed by atoms with E-state index in [-0.39, 0.29) is 0 Å². The lowest BCUT2D eigenvalue weighted by Crippen LogP contribution is -2.35. The van der Waals surface area contributed by atoms with Crippen molar-refractivity contribution in [3.63, 3.8) is 0 Å². The lowest BCUT2D eigenvalue weighted by Gasteiger charge is -2.33. The maximum atomic E-state index is 2.60. The van der Waals surface area contributed by atoms with Crippen LogP contribution in [-0.4, -0.2) is 23.2 Å². The highest BCUT2D eigenvalue weighted by atomic mass is 15.4. The summed E-state index contributed by atoms with van der Waals surface area (Å²) >= 11 is 0. The molecule has 2 aliphatic heterocycles. The van der Waals surface area contributed by atoms with Gasteiger partial charge in [-0.05, 0) is 43.1 Å². The molecule has 24 heavy (non-hydrogen) atoms. The van der Waals surface area contributed by atoms with Gasteiger partial charge in [-0.1, -0.05) is 42.5 Å². The molecular weight excluding hydrogens is 294 g/mol. The largest absolute Gasteiger partial charge is 0.338 e. The van der Waals surface area contributed by atoms with Gasteiger partial charge in [0.25, 0.3) is 0 Å². The fourth-order valence-electron chi connectivity index (χ4n) is 4.75. The number of fused-ring (bicyclic) bond motifs is 4. The zero-order chi connectivity index (χ0) is 16.3. The van der Waals surface area contributed by atoms with Crippen molar-refractivity contribution < 1.29 is 0 Å². The molecule has 1 aliphatic carbocycles. The Labute approximate surface area is 143 Å². The van der Waals surface area contributed by atoms with Gasteiger partial charge in [0.1, 0.15) is 5.82 Å². The Morgan fingerprint density at radius 1 is 0.833 bits per heavy atom. The number of rotatable bonds is 1. The van der Waals surface area contributed by atoms with Crippen LogP contribution in [0.2, 0.25) is 0 Å². The number of anilines is 1. The van der Waals surface area contributed by atoms with Crippen molar-refractivity contribution in [2.45, 2.75) is 24.9 Å². The Hall–Kier alpha value is -2.26. The zero-order valence-electron chi connectivity index (χ0n) is 14.3. The summed E-state index contributed by atoms with van der Waals surface area (Å²) in [7, 11) is 4.46. The number of nitrogens with zero attached hydrogens (tertiary/aromatic N) is 3. The Morgan fingerprint density at radius 3 is 2.29 bits per heavy atom. The van der Waals surface area contributed by atoms with Crippen molar-refractivity contribution in [2.75, 3.05) is 18.6 Å². The van der Waals surface area contributed by atoms with Crippen molar-refractivity contribution in [2.24, 2.45) is 7.05 Å². The number of benzene rings is 2. The summed E-state index contributed by atoms with van der Waals surface area (Å²) in [6.45, 7) is 0.980. The molecule has 3 heteroatoms. The minimum atomic E-state index is 0.477. The van der Waals surface area contributed by atoms with Gasteiger partial charge in [0.05, 0.1) is 12.7 Å². The predicted molar refractivity (Wildman–Crippen MR) is 99.2 cm³/mol. The second kappa shape index (κ2) is 5.12. The van der Waals surface area contributed by atoms with E-state index >= 15 is 0 Å².